The molecule has 0 fully saturated rings. The van der Waals surface area contributed by atoms with Crippen LogP contribution in [0.15, 0.2) is 53.6 Å². The number of nitrogens with one attached hydrogen (secondary N) is 1. The van der Waals surface area contributed by atoms with E-state index in [4.69, 9.17) is 4.74 Å². The Labute approximate surface area is 275 Å². The van der Waals surface area contributed by atoms with Crippen LogP contribution in [-0.2, 0) is 24.3 Å². The van der Waals surface area contributed by atoms with Crippen LogP contribution in [-0.4, -0.2) is 43.8 Å². The zero-order valence-corrected chi connectivity index (χ0v) is 30.1. The molecular formula is C37H62N2O5S. The molecule has 1 amide bonds. The lowest BCUT2D eigenvalue weighted by Gasteiger charge is -2.39. The number of amides is 1. The Morgan fingerprint density at radius 3 is 2.20 bits per heavy atom. The van der Waals surface area contributed by atoms with Gasteiger partial charge in [0.05, 0.1) is 17.2 Å². The summed E-state index contributed by atoms with van der Waals surface area (Å²) in [5, 5.41) is 2.88. The molecule has 1 N–H and O–H groups in total. The number of unbranched alkanes of at least 4 members (excludes halogenated alkanes) is 8. The van der Waals surface area contributed by atoms with Gasteiger partial charge in [-0.25, -0.2) is 13.2 Å². The summed E-state index contributed by atoms with van der Waals surface area (Å²) < 4.78 is 33.5. The van der Waals surface area contributed by atoms with Crippen LogP contribution in [0.4, 0.5) is 0 Å². The molecule has 1 rings (SSSR count). The quantitative estimate of drug-likeness (QED) is 0.0688. The lowest BCUT2D eigenvalue weighted by molar-refractivity contribution is -0.152. The van der Waals surface area contributed by atoms with Crippen molar-refractivity contribution in [1.82, 2.24) is 9.62 Å². The van der Waals surface area contributed by atoms with Crippen LogP contribution < -0.4 is 5.32 Å². The summed E-state index contributed by atoms with van der Waals surface area (Å²) in [6.07, 6.45) is 18.8. The fourth-order valence-corrected chi connectivity index (χ4v) is 6.75. The number of hydrogen-bond acceptors (Lipinski definition) is 5. The Balaban J connectivity index is 2.74. The Hall–Kier alpha value is -2.61. The maximum absolute atomic E-state index is 13.5. The molecule has 0 saturated carbocycles. The molecule has 2 atom stereocenters. The van der Waals surface area contributed by atoms with E-state index in [-0.39, 0.29) is 41.9 Å². The Morgan fingerprint density at radius 2 is 1.58 bits per heavy atom. The number of carbonyl (C=O) groups is 2. The van der Waals surface area contributed by atoms with Crippen LogP contribution in [0, 0.1) is 18.8 Å². The van der Waals surface area contributed by atoms with E-state index in [1.165, 1.54) is 51.3 Å². The van der Waals surface area contributed by atoms with Crippen molar-refractivity contribution in [2.45, 2.75) is 142 Å². The Bertz CT molecular complexity index is 1160. The predicted molar refractivity (Wildman–Crippen MR) is 186 cm³/mol. The molecule has 8 heteroatoms. The van der Waals surface area contributed by atoms with Gasteiger partial charge in [-0.15, -0.1) is 0 Å². The maximum Gasteiger partial charge on any atom is 0.338 e. The summed E-state index contributed by atoms with van der Waals surface area (Å²) in [6, 6.07) is 6.47. The monoisotopic (exact) mass is 646 g/mol. The van der Waals surface area contributed by atoms with Crippen LogP contribution in [0.3, 0.4) is 0 Å². The second-order valence-corrected chi connectivity index (χ2v) is 14.9. The number of allylic oxidation sites excluding steroid dienone is 2. The number of carbonyl (C=O) groups excluding carboxylic acids is 2. The first kappa shape index (κ1) is 40.4. The number of benzene rings is 1. The van der Waals surface area contributed by atoms with Crippen LogP contribution in [0.25, 0.3) is 0 Å². The zero-order valence-electron chi connectivity index (χ0n) is 29.3. The van der Waals surface area contributed by atoms with Gasteiger partial charge in [0.2, 0.25) is 5.91 Å². The number of esters is 1. The third-order valence-corrected chi connectivity index (χ3v) is 10.1. The summed E-state index contributed by atoms with van der Waals surface area (Å²) >= 11 is 0. The Morgan fingerprint density at radius 1 is 0.956 bits per heavy atom. The van der Waals surface area contributed by atoms with Gasteiger partial charge in [0.25, 0.3) is 10.0 Å². The van der Waals surface area contributed by atoms with E-state index in [2.05, 4.69) is 37.9 Å². The SMILES string of the molecule is C=C(N(C)S(=O)(=O)c1ccc(C)cc1)[C@](CC(C)C)(NC(=O)CCCCCCC/C=C\C[C@@H](C)CCCCCC)C(=O)OCC. The first-order valence-corrected chi connectivity index (χ1v) is 18.6. The van der Waals surface area contributed by atoms with Crippen LogP contribution in [0.2, 0.25) is 0 Å². The highest BCUT2D eigenvalue weighted by Gasteiger charge is 2.48. The minimum Gasteiger partial charge on any atom is -0.464 e. The van der Waals surface area contributed by atoms with Crippen molar-refractivity contribution in [2.75, 3.05) is 13.7 Å². The molecule has 0 saturated heterocycles. The molecule has 0 bridgehead atoms. The fraction of sp³-hybridized carbons (Fsp3) is 0.676. The number of likely N-dealkylation sites (N-methyl/N-ethyl adjacent to an activating group) is 1. The van der Waals surface area contributed by atoms with Gasteiger partial charge in [0, 0.05) is 13.5 Å². The molecule has 1 aromatic carbocycles. The number of aryl methyl sites for hydroxylation is 1. The highest BCUT2D eigenvalue weighted by molar-refractivity contribution is 7.89. The van der Waals surface area contributed by atoms with Crippen molar-refractivity contribution in [3.8, 4) is 0 Å². The van der Waals surface area contributed by atoms with Gasteiger partial charge in [-0.3, -0.25) is 9.10 Å². The molecule has 256 valence electrons. The molecule has 45 heavy (non-hydrogen) atoms. The van der Waals surface area contributed by atoms with E-state index in [0.717, 1.165) is 54.3 Å². The average molecular weight is 647 g/mol. The van der Waals surface area contributed by atoms with E-state index in [1.54, 1.807) is 19.1 Å². The van der Waals surface area contributed by atoms with Gasteiger partial charge in [-0.2, -0.15) is 0 Å². The first-order chi connectivity index (χ1) is 21.3. The molecule has 0 aliphatic carbocycles. The van der Waals surface area contributed by atoms with Crippen molar-refractivity contribution in [3.05, 3.63) is 54.3 Å². The second kappa shape index (κ2) is 21.2. The molecule has 1 aromatic rings. The molecule has 7 nitrogen and oxygen atoms in total. The predicted octanol–water partition coefficient (Wildman–Crippen LogP) is 8.88. The van der Waals surface area contributed by atoms with E-state index in [9.17, 15) is 18.0 Å². The standard InChI is InChI=1S/C37H62N2O5S/c1-9-11-12-19-22-31(5)23-20-17-15-13-14-16-18-21-24-35(40)38-37(29-30(3)4,36(41)44-10-2)33(7)39(8)45(42,43)34-27-25-32(6)26-28-34/h17,20,25-28,30-31H,7,9-16,18-19,21-24,29H2,1-6,8H3,(H,38,40)/b20-17-/t31-,37-/m0/s1. The number of ether oxygens (including phenoxy) is 1. The van der Waals surface area contributed by atoms with Gasteiger partial charge in [0.15, 0.2) is 5.54 Å². The van der Waals surface area contributed by atoms with Gasteiger partial charge >= 0.3 is 5.97 Å². The second-order valence-electron chi connectivity index (χ2n) is 13.0. The fourth-order valence-electron chi connectivity index (χ4n) is 5.50. The molecule has 0 radical (unpaired) electrons. The smallest absolute Gasteiger partial charge is 0.338 e. The third kappa shape index (κ3) is 14.1. The van der Waals surface area contributed by atoms with Crippen molar-refractivity contribution in [3.63, 3.8) is 0 Å². The third-order valence-electron chi connectivity index (χ3n) is 8.27. The van der Waals surface area contributed by atoms with Crippen molar-refractivity contribution in [2.24, 2.45) is 11.8 Å². The topological polar surface area (TPSA) is 92.8 Å². The largest absolute Gasteiger partial charge is 0.464 e. The average Bonchev–Trinajstić information content (AvgIpc) is 2.99. The Kier molecular flexibility index (Phi) is 19.1. The van der Waals surface area contributed by atoms with Crippen molar-refractivity contribution in [1.29, 1.82) is 0 Å². The summed E-state index contributed by atoms with van der Waals surface area (Å²) in [4.78, 5) is 26.8. The van der Waals surface area contributed by atoms with Crippen molar-refractivity contribution >= 4 is 21.9 Å². The summed E-state index contributed by atoms with van der Waals surface area (Å²) in [7, 11) is -2.67. The van der Waals surface area contributed by atoms with E-state index >= 15 is 0 Å². The first-order valence-electron chi connectivity index (χ1n) is 17.2. The highest BCUT2D eigenvalue weighted by Crippen LogP contribution is 2.32. The maximum atomic E-state index is 13.5. The summed E-state index contributed by atoms with van der Waals surface area (Å²) in [5.41, 5.74) is -0.830. The van der Waals surface area contributed by atoms with Crippen LogP contribution in [0.5, 0.6) is 0 Å². The molecular weight excluding hydrogens is 584 g/mol. The van der Waals surface area contributed by atoms with Gasteiger partial charge in [0.1, 0.15) is 0 Å². The lowest BCUT2D eigenvalue weighted by Crippen LogP contribution is -2.60. The molecule has 0 unspecified atom stereocenters. The minimum absolute atomic E-state index is 0.0393. The molecule has 0 aromatic heterocycles. The van der Waals surface area contributed by atoms with E-state index < -0.39 is 21.5 Å². The number of nitrogens with zero attached hydrogens (tertiary/aromatic N) is 1. The zero-order chi connectivity index (χ0) is 33.9. The molecule has 0 heterocycles. The lowest BCUT2D eigenvalue weighted by atomic mass is 9.85. The molecule has 0 aliphatic heterocycles. The van der Waals surface area contributed by atoms with Gasteiger partial charge in [-0.1, -0.05) is 115 Å². The number of rotatable bonds is 24. The van der Waals surface area contributed by atoms with E-state index in [1.807, 2.05) is 20.8 Å². The molecule has 0 spiro atoms. The number of hydrogen-bond donors (Lipinski definition) is 1. The van der Waals surface area contributed by atoms with Crippen LogP contribution in [0.1, 0.15) is 130 Å². The summed E-state index contributed by atoms with van der Waals surface area (Å²) in [5.74, 6) is -0.341. The number of sulfonamides is 1. The molecule has 0 aliphatic rings. The van der Waals surface area contributed by atoms with E-state index in [0.29, 0.717) is 6.42 Å². The van der Waals surface area contributed by atoms with Crippen molar-refractivity contribution < 1.29 is 22.7 Å². The van der Waals surface area contributed by atoms with Crippen LogP contribution >= 0.6 is 0 Å². The normalized spacial score (nSPS) is 13.9. The van der Waals surface area contributed by atoms with Gasteiger partial charge < -0.3 is 10.1 Å². The summed E-state index contributed by atoms with van der Waals surface area (Å²) in [6.45, 7) is 16.1. The minimum atomic E-state index is -4.03. The van der Waals surface area contributed by atoms with Gasteiger partial charge in [-0.05, 0) is 69.9 Å². The highest BCUT2D eigenvalue weighted by atomic mass is 32.2.